The van der Waals surface area contributed by atoms with Crippen molar-refractivity contribution in [1.82, 2.24) is 9.80 Å². The second kappa shape index (κ2) is 5.61. The molecule has 1 saturated heterocycles. The fourth-order valence-corrected chi connectivity index (χ4v) is 3.59. The molecule has 1 fully saturated rings. The third kappa shape index (κ3) is 2.46. The molecule has 24 heavy (non-hydrogen) atoms. The van der Waals surface area contributed by atoms with Gasteiger partial charge >= 0.3 is 0 Å². The first-order chi connectivity index (χ1) is 11.2. The Labute approximate surface area is 142 Å². The smallest absolute Gasteiger partial charge is 0.254 e. The molecule has 0 spiro atoms. The van der Waals surface area contributed by atoms with Crippen LogP contribution in [-0.2, 0) is 16.0 Å². The Morgan fingerprint density at radius 1 is 1.12 bits per heavy atom. The summed E-state index contributed by atoms with van der Waals surface area (Å²) in [5.74, 6) is -0.171. The lowest BCUT2D eigenvalue weighted by Gasteiger charge is -2.44. The fourth-order valence-electron chi connectivity index (χ4n) is 3.59. The SMILES string of the molecule is CC(=O)N1CCc2cc(C(=O)N3CCN(C)C(=O)C3(C)C)ccc21. The van der Waals surface area contributed by atoms with Gasteiger partial charge in [-0.3, -0.25) is 14.4 Å². The topological polar surface area (TPSA) is 60.9 Å². The van der Waals surface area contributed by atoms with Crippen molar-refractivity contribution < 1.29 is 14.4 Å². The summed E-state index contributed by atoms with van der Waals surface area (Å²) in [6.45, 7) is 6.83. The quantitative estimate of drug-likeness (QED) is 0.780. The number of nitrogens with zero attached hydrogens (tertiary/aromatic N) is 3. The molecule has 6 heteroatoms. The summed E-state index contributed by atoms with van der Waals surface area (Å²) in [6, 6.07) is 5.45. The van der Waals surface area contributed by atoms with Crippen LogP contribution in [0.25, 0.3) is 0 Å². The molecule has 0 unspecified atom stereocenters. The minimum Gasteiger partial charge on any atom is -0.342 e. The van der Waals surface area contributed by atoms with E-state index in [9.17, 15) is 14.4 Å². The Bertz CT molecular complexity index is 726. The van der Waals surface area contributed by atoms with Crippen molar-refractivity contribution in [3.63, 3.8) is 0 Å². The zero-order valence-electron chi connectivity index (χ0n) is 14.6. The maximum atomic E-state index is 13.0. The van der Waals surface area contributed by atoms with E-state index in [2.05, 4.69) is 0 Å². The Balaban J connectivity index is 1.89. The Morgan fingerprint density at radius 2 is 1.83 bits per heavy atom. The second-order valence-electron chi connectivity index (χ2n) is 7.01. The standard InChI is InChI=1S/C18H23N3O3/c1-12(22)20-8-7-13-11-14(5-6-15(13)20)16(23)21-10-9-19(4)17(24)18(21,2)3/h5-6,11H,7-10H2,1-4H3. The number of fused-ring (bicyclic) bond motifs is 1. The van der Waals surface area contributed by atoms with Crippen LogP contribution in [0.3, 0.4) is 0 Å². The molecule has 2 aliphatic rings. The predicted octanol–water partition coefficient (Wildman–Crippen LogP) is 1.29. The van der Waals surface area contributed by atoms with Crippen LogP contribution in [0.5, 0.6) is 0 Å². The van der Waals surface area contributed by atoms with Crippen molar-refractivity contribution in [3.05, 3.63) is 29.3 Å². The van der Waals surface area contributed by atoms with Gasteiger partial charge in [-0.15, -0.1) is 0 Å². The van der Waals surface area contributed by atoms with Crippen molar-refractivity contribution in [1.29, 1.82) is 0 Å². The summed E-state index contributed by atoms with van der Waals surface area (Å²) in [5, 5.41) is 0. The molecule has 128 valence electrons. The zero-order chi connectivity index (χ0) is 17.6. The van der Waals surface area contributed by atoms with Gasteiger partial charge in [0.05, 0.1) is 0 Å². The first kappa shape index (κ1) is 16.5. The number of rotatable bonds is 1. The molecule has 0 aliphatic carbocycles. The highest BCUT2D eigenvalue weighted by Crippen LogP contribution is 2.30. The van der Waals surface area contributed by atoms with Crippen LogP contribution in [-0.4, -0.2) is 59.7 Å². The molecule has 0 saturated carbocycles. The maximum absolute atomic E-state index is 13.0. The van der Waals surface area contributed by atoms with Crippen molar-refractivity contribution >= 4 is 23.4 Å². The number of piperazine rings is 1. The molecule has 2 aliphatic heterocycles. The van der Waals surface area contributed by atoms with E-state index in [1.54, 1.807) is 48.6 Å². The van der Waals surface area contributed by atoms with Gasteiger partial charge < -0.3 is 14.7 Å². The zero-order valence-corrected chi connectivity index (χ0v) is 14.6. The van der Waals surface area contributed by atoms with Crippen molar-refractivity contribution in [2.24, 2.45) is 0 Å². The molecule has 0 aromatic heterocycles. The van der Waals surface area contributed by atoms with E-state index >= 15 is 0 Å². The van der Waals surface area contributed by atoms with Gasteiger partial charge in [0, 0.05) is 44.9 Å². The van der Waals surface area contributed by atoms with Gasteiger partial charge in [-0.1, -0.05) is 0 Å². The monoisotopic (exact) mass is 329 g/mol. The number of anilines is 1. The van der Waals surface area contributed by atoms with Crippen LogP contribution >= 0.6 is 0 Å². The van der Waals surface area contributed by atoms with Gasteiger partial charge in [0.15, 0.2) is 0 Å². The molecular formula is C18H23N3O3. The van der Waals surface area contributed by atoms with Crippen LogP contribution in [0.15, 0.2) is 18.2 Å². The summed E-state index contributed by atoms with van der Waals surface area (Å²) in [6.07, 6.45) is 0.751. The summed E-state index contributed by atoms with van der Waals surface area (Å²) >= 11 is 0. The number of hydrogen-bond acceptors (Lipinski definition) is 3. The molecule has 6 nitrogen and oxygen atoms in total. The summed E-state index contributed by atoms with van der Waals surface area (Å²) < 4.78 is 0. The first-order valence-electron chi connectivity index (χ1n) is 8.22. The van der Waals surface area contributed by atoms with Gasteiger partial charge in [0.1, 0.15) is 5.54 Å². The average Bonchev–Trinajstić information content (AvgIpc) is 2.95. The third-order valence-electron chi connectivity index (χ3n) is 5.05. The van der Waals surface area contributed by atoms with Crippen LogP contribution in [0.1, 0.15) is 36.7 Å². The fraction of sp³-hybridized carbons (Fsp3) is 0.500. The lowest BCUT2D eigenvalue weighted by molar-refractivity contribution is -0.144. The minimum absolute atomic E-state index is 0.0126. The molecule has 0 bridgehead atoms. The van der Waals surface area contributed by atoms with E-state index in [-0.39, 0.29) is 17.7 Å². The normalized spacial score (nSPS) is 19.5. The van der Waals surface area contributed by atoms with Crippen LogP contribution < -0.4 is 4.90 Å². The van der Waals surface area contributed by atoms with Gasteiger partial charge in [0.25, 0.3) is 5.91 Å². The molecule has 0 atom stereocenters. The maximum Gasteiger partial charge on any atom is 0.254 e. The third-order valence-corrected chi connectivity index (χ3v) is 5.05. The highest BCUT2D eigenvalue weighted by molar-refractivity contribution is 6.01. The van der Waals surface area contributed by atoms with Crippen molar-refractivity contribution in [2.75, 3.05) is 31.6 Å². The summed E-state index contributed by atoms with van der Waals surface area (Å²) in [7, 11) is 1.76. The average molecular weight is 329 g/mol. The van der Waals surface area contributed by atoms with E-state index in [0.29, 0.717) is 25.2 Å². The molecule has 1 aromatic carbocycles. The highest BCUT2D eigenvalue weighted by atomic mass is 16.2. The molecule has 0 radical (unpaired) electrons. The summed E-state index contributed by atoms with van der Waals surface area (Å²) in [5.41, 5.74) is 1.61. The van der Waals surface area contributed by atoms with Gasteiger partial charge in [-0.25, -0.2) is 0 Å². The molecule has 0 N–H and O–H groups in total. The van der Waals surface area contributed by atoms with E-state index in [0.717, 1.165) is 17.7 Å². The van der Waals surface area contributed by atoms with E-state index in [4.69, 9.17) is 0 Å². The Kier molecular flexibility index (Phi) is 3.86. The Morgan fingerprint density at radius 3 is 2.50 bits per heavy atom. The number of benzene rings is 1. The van der Waals surface area contributed by atoms with E-state index < -0.39 is 5.54 Å². The van der Waals surface area contributed by atoms with Gasteiger partial charge in [-0.2, -0.15) is 0 Å². The molecular weight excluding hydrogens is 306 g/mol. The minimum atomic E-state index is -0.853. The summed E-state index contributed by atoms with van der Waals surface area (Å²) in [4.78, 5) is 42.0. The van der Waals surface area contributed by atoms with Gasteiger partial charge in [-0.05, 0) is 44.0 Å². The lowest BCUT2D eigenvalue weighted by Crippen LogP contribution is -2.63. The first-order valence-corrected chi connectivity index (χ1v) is 8.22. The molecule has 2 heterocycles. The molecule has 3 rings (SSSR count). The molecule has 1 aromatic rings. The van der Waals surface area contributed by atoms with E-state index in [1.807, 2.05) is 12.1 Å². The van der Waals surface area contributed by atoms with Crippen LogP contribution in [0.2, 0.25) is 0 Å². The predicted molar refractivity (Wildman–Crippen MR) is 90.9 cm³/mol. The van der Waals surface area contributed by atoms with Crippen LogP contribution in [0.4, 0.5) is 5.69 Å². The number of likely N-dealkylation sites (N-methyl/N-ethyl adjacent to an activating group) is 1. The number of carbonyl (C=O) groups is 3. The van der Waals surface area contributed by atoms with Crippen molar-refractivity contribution in [3.8, 4) is 0 Å². The van der Waals surface area contributed by atoms with E-state index in [1.165, 1.54) is 0 Å². The second-order valence-corrected chi connectivity index (χ2v) is 7.01. The molecule has 3 amide bonds. The largest absolute Gasteiger partial charge is 0.342 e. The number of carbonyl (C=O) groups excluding carboxylic acids is 3. The lowest BCUT2D eigenvalue weighted by atomic mass is 9.96. The highest BCUT2D eigenvalue weighted by Gasteiger charge is 2.43. The van der Waals surface area contributed by atoms with Crippen LogP contribution in [0, 0.1) is 0 Å². The van der Waals surface area contributed by atoms with Gasteiger partial charge in [0.2, 0.25) is 11.8 Å². The number of amides is 3. The Hall–Kier alpha value is -2.37. The number of hydrogen-bond donors (Lipinski definition) is 0. The van der Waals surface area contributed by atoms with Crippen molar-refractivity contribution in [2.45, 2.75) is 32.7 Å².